The molecule has 10 atom stereocenters. The zero-order valence-corrected chi connectivity index (χ0v) is 51.8. The highest BCUT2D eigenvalue weighted by atomic mass is 16.6. The maximum absolute atomic E-state index is 15.0. The number of carbonyl (C=O) groups is 10. The number of hydrogen-bond donors (Lipinski definition) is 9. The molecule has 3 aromatic carbocycles. The topological polar surface area (TPSA) is 307 Å². The summed E-state index contributed by atoms with van der Waals surface area (Å²) in [6, 6.07) is 14.7. The van der Waals surface area contributed by atoms with Crippen LogP contribution in [0, 0.1) is 23.7 Å². The van der Waals surface area contributed by atoms with Gasteiger partial charge in [0.2, 0.25) is 35.4 Å². The average molecular weight is 1190 g/mol. The molecule has 1 aliphatic heterocycles. The van der Waals surface area contributed by atoms with Crippen LogP contribution in [-0.4, -0.2) is 127 Å². The van der Waals surface area contributed by atoms with E-state index in [9.17, 15) is 47.9 Å². The van der Waals surface area contributed by atoms with Crippen LogP contribution in [0.2, 0.25) is 0 Å². The van der Waals surface area contributed by atoms with Gasteiger partial charge >= 0.3 is 18.2 Å². The first kappa shape index (κ1) is 68.5. The molecule has 0 saturated carbocycles. The summed E-state index contributed by atoms with van der Waals surface area (Å²) in [5.74, 6) is -9.61. The number of cyclic esters (lactones) is 1. The molecule has 0 aromatic heterocycles. The van der Waals surface area contributed by atoms with Gasteiger partial charge in [-0.25, -0.2) is 14.4 Å². The summed E-state index contributed by atoms with van der Waals surface area (Å²) in [6.07, 6.45) is -1.10. The van der Waals surface area contributed by atoms with Crippen LogP contribution in [0.25, 0.3) is 11.1 Å². The maximum atomic E-state index is 15.0. The molecule has 9 amide bonds. The third-order valence-electron chi connectivity index (χ3n) is 15.4. The van der Waals surface area contributed by atoms with Gasteiger partial charge in [-0.15, -0.1) is 0 Å². The lowest BCUT2D eigenvalue weighted by Crippen LogP contribution is -2.64. The molecule has 5 rings (SSSR count). The van der Waals surface area contributed by atoms with E-state index in [0.717, 1.165) is 22.3 Å². The third kappa shape index (κ3) is 19.1. The molecule has 9 N–H and O–H groups in total. The number of allylic oxidation sites excluding steroid dienone is 1. The highest BCUT2D eigenvalue weighted by Crippen LogP contribution is 2.44. The van der Waals surface area contributed by atoms with Crippen molar-refractivity contribution in [3.63, 3.8) is 0 Å². The molecule has 1 heterocycles. The van der Waals surface area contributed by atoms with Crippen molar-refractivity contribution in [2.75, 3.05) is 13.2 Å². The quantitative estimate of drug-likeness (QED) is 0.0301. The van der Waals surface area contributed by atoms with Gasteiger partial charge in [0.1, 0.15) is 66.3 Å². The van der Waals surface area contributed by atoms with E-state index >= 15 is 0 Å². The third-order valence-corrected chi connectivity index (χ3v) is 15.4. The Hall–Kier alpha value is -8.30. The first-order valence-electron chi connectivity index (χ1n) is 29.8. The first-order valence-corrected chi connectivity index (χ1v) is 29.8. The normalized spacial score (nSPS) is 21.8. The van der Waals surface area contributed by atoms with E-state index in [-0.39, 0.29) is 44.0 Å². The molecule has 2 aliphatic rings. The molecule has 468 valence electrons. The van der Waals surface area contributed by atoms with Gasteiger partial charge in [-0.2, -0.15) is 0 Å². The summed E-state index contributed by atoms with van der Waals surface area (Å²) in [4.78, 5) is 142. The van der Waals surface area contributed by atoms with Crippen LogP contribution < -0.4 is 47.9 Å². The molecule has 0 bridgehead atoms. The molecular formula is C64H89N9O13. The Morgan fingerprint density at radius 1 is 0.674 bits per heavy atom. The smallest absolute Gasteiger partial charge is 0.407 e. The van der Waals surface area contributed by atoms with Crippen LogP contribution in [0.3, 0.4) is 0 Å². The molecule has 0 radical (unpaired) electrons. The molecule has 86 heavy (non-hydrogen) atoms. The van der Waals surface area contributed by atoms with Crippen molar-refractivity contribution < 1.29 is 62.2 Å². The minimum atomic E-state index is -1.78. The number of amides is 9. The predicted molar refractivity (Wildman–Crippen MR) is 323 cm³/mol. The largest absolute Gasteiger partial charge is 0.458 e. The van der Waals surface area contributed by atoms with E-state index in [1.165, 1.54) is 19.9 Å². The molecule has 3 aromatic rings. The second-order valence-corrected chi connectivity index (χ2v) is 23.8. The van der Waals surface area contributed by atoms with Crippen molar-refractivity contribution in [3.8, 4) is 11.1 Å². The zero-order chi connectivity index (χ0) is 63.6. The molecule has 1 aliphatic carbocycles. The van der Waals surface area contributed by atoms with Gasteiger partial charge in [0, 0.05) is 18.9 Å². The van der Waals surface area contributed by atoms with Gasteiger partial charge in [-0.3, -0.25) is 33.6 Å². The molecule has 22 nitrogen and oxygen atoms in total. The van der Waals surface area contributed by atoms with E-state index in [1.807, 2.05) is 48.5 Å². The Labute approximate surface area is 505 Å². The van der Waals surface area contributed by atoms with Gasteiger partial charge in [-0.05, 0) is 98.9 Å². The average Bonchev–Trinajstić information content (AvgIpc) is 1.75. The van der Waals surface area contributed by atoms with Crippen molar-refractivity contribution in [2.24, 2.45) is 23.7 Å². The molecule has 1 fully saturated rings. The lowest BCUT2D eigenvalue weighted by atomic mass is 9.95. The summed E-state index contributed by atoms with van der Waals surface area (Å²) in [7, 11) is 0. The summed E-state index contributed by atoms with van der Waals surface area (Å²) in [5.41, 5.74) is 3.59. The van der Waals surface area contributed by atoms with Crippen LogP contribution in [0.4, 0.5) is 9.59 Å². The van der Waals surface area contributed by atoms with Crippen molar-refractivity contribution in [2.45, 2.75) is 182 Å². The van der Waals surface area contributed by atoms with Crippen molar-refractivity contribution in [1.82, 2.24) is 47.9 Å². The van der Waals surface area contributed by atoms with Gasteiger partial charge in [0.15, 0.2) is 0 Å². The SMILES string of the molecule is C/C=C1\NC(=O)[C@H](Cc2ccccc2)NC(=O)[C@@H](C(C)C)NC(=O)[C@@H]([C@@H](C)CC)NC(=O)[C@H](NC(=O)[C@H](NC(=O)[C@H](CCCNC(=O)OC(C)(C)C)NC(=O)OCC2c3ccccc3-c3ccccc32)[C@@H](C)CC)[C@@H](C)OC(=O)[C@H](C(C)C)NC1=O. The number of benzene rings is 3. The second kappa shape index (κ2) is 31.7. The summed E-state index contributed by atoms with van der Waals surface area (Å²) in [5, 5.41) is 24.3. The summed E-state index contributed by atoms with van der Waals surface area (Å²) < 4.78 is 17.2. The van der Waals surface area contributed by atoms with Crippen molar-refractivity contribution in [1.29, 1.82) is 0 Å². The summed E-state index contributed by atoms with van der Waals surface area (Å²) >= 11 is 0. The fourth-order valence-corrected chi connectivity index (χ4v) is 10.0. The van der Waals surface area contributed by atoms with E-state index < -0.39 is 137 Å². The summed E-state index contributed by atoms with van der Waals surface area (Å²) in [6.45, 7) is 21.5. The number of nitrogens with one attached hydrogen (secondary N) is 9. The Kier molecular flexibility index (Phi) is 25.3. The monoisotopic (exact) mass is 1190 g/mol. The minimum absolute atomic E-state index is 0.0112. The Balaban J connectivity index is 1.47. The van der Waals surface area contributed by atoms with E-state index in [2.05, 4.69) is 47.9 Å². The van der Waals surface area contributed by atoms with Gasteiger partial charge < -0.3 is 62.1 Å². The molecule has 22 heteroatoms. The number of carbonyl (C=O) groups excluding carboxylic acids is 10. The Bertz CT molecular complexity index is 2880. The van der Waals surface area contributed by atoms with E-state index in [1.54, 1.807) is 106 Å². The number of fused-ring (bicyclic) bond motifs is 3. The standard InChI is InChI=1S/C64H89N9O13/c1-14-37(8)51(71-55(75)47(31-24-32-65-62(82)86-64(11,12)13)68-63(83)84-34-45-43-29-22-20-27-41(43)42-28-21-23-30-44(42)45)59(79)73-53-39(10)85-61(81)50(36(6)7)70-54(74)46(16-3)66-56(76)48(33-40-25-18-17-19-26-40)67-57(77)49(35(4)5)69-58(78)52(38(9)15-2)72-60(53)80/h16-23,25-30,35-39,45,47-53H,14-15,24,31-34H2,1-13H3,(H,65,82)(H,66,76)(H,67,77)(H,68,83)(H,69,78)(H,70,74)(H,71,75)(H,72,80)(H,73,79)/b46-16-/t37-,38-,39+,47-,48-,49+,50-,51+,52+,53+/m0/s1. The van der Waals surface area contributed by atoms with Crippen LogP contribution >= 0.6 is 0 Å². The highest BCUT2D eigenvalue weighted by Gasteiger charge is 2.41. The fraction of sp³-hybridized carbons (Fsp3) is 0.531. The highest BCUT2D eigenvalue weighted by molar-refractivity contribution is 6.02. The lowest BCUT2D eigenvalue weighted by Gasteiger charge is -2.33. The lowest BCUT2D eigenvalue weighted by molar-refractivity contribution is -0.157. The number of esters is 1. The number of rotatable bonds is 19. The van der Waals surface area contributed by atoms with Crippen LogP contribution in [-0.2, 0) is 59.0 Å². The number of alkyl carbamates (subject to hydrolysis) is 2. The van der Waals surface area contributed by atoms with Gasteiger partial charge in [0.25, 0.3) is 5.91 Å². The zero-order valence-electron chi connectivity index (χ0n) is 51.8. The maximum Gasteiger partial charge on any atom is 0.407 e. The van der Waals surface area contributed by atoms with Crippen LogP contribution in [0.5, 0.6) is 0 Å². The molecular weight excluding hydrogens is 1100 g/mol. The second-order valence-electron chi connectivity index (χ2n) is 23.8. The van der Waals surface area contributed by atoms with Crippen molar-refractivity contribution in [3.05, 3.63) is 107 Å². The predicted octanol–water partition coefficient (Wildman–Crippen LogP) is 5.72. The van der Waals surface area contributed by atoms with E-state index in [0.29, 0.717) is 18.4 Å². The number of hydrogen-bond acceptors (Lipinski definition) is 13. The van der Waals surface area contributed by atoms with Gasteiger partial charge in [-0.1, -0.05) is 153 Å². The number of ether oxygens (including phenoxy) is 3. The van der Waals surface area contributed by atoms with Gasteiger partial charge in [0.05, 0.1) is 0 Å². The van der Waals surface area contributed by atoms with Crippen LogP contribution in [0.1, 0.15) is 138 Å². The van der Waals surface area contributed by atoms with E-state index in [4.69, 9.17) is 14.2 Å². The Morgan fingerprint density at radius 3 is 1.83 bits per heavy atom. The molecule has 0 spiro atoms. The first-order chi connectivity index (χ1) is 40.7. The van der Waals surface area contributed by atoms with Crippen LogP contribution in [0.15, 0.2) is 90.6 Å². The fourth-order valence-electron chi connectivity index (χ4n) is 10.0. The minimum Gasteiger partial charge on any atom is -0.458 e. The molecule has 0 unspecified atom stereocenters. The molecule has 1 saturated heterocycles. The van der Waals surface area contributed by atoms with Crippen molar-refractivity contribution >= 4 is 59.5 Å². The Morgan fingerprint density at radius 2 is 1.26 bits per heavy atom.